The molecule has 0 spiro atoms. The molecular formula is C12H15ClO4S. The van der Waals surface area contributed by atoms with E-state index in [1.165, 1.54) is 0 Å². The number of hydrogen-bond acceptors (Lipinski definition) is 4. The van der Waals surface area contributed by atoms with Gasteiger partial charge in [0.1, 0.15) is 11.9 Å². The van der Waals surface area contributed by atoms with Crippen molar-refractivity contribution in [3.8, 4) is 5.75 Å². The van der Waals surface area contributed by atoms with Crippen LogP contribution in [0.3, 0.4) is 0 Å². The monoisotopic (exact) mass is 290 g/mol. The van der Waals surface area contributed by atoms with Crippen LogP contribution in [0.1, 0.15) is 25.0 Å². The third kappa shape index (κ3) is 3.16. The average molecular weight is 291 g/mol. The topological polar surface area (TPSA) is 63.6 Å². The Hall–Kier alpha value is -0.780. The highest BCUT2D eigenvalue weighted by Crippen LogP contribution is 2.30. The van der Waals surface area contributed by atoms with Crippen molar-refractivity contribution in [1.29, 1.82) is 0 Å². The zero-order valence-corrected chi connectivity index (χ0v) is 11.5. The molecule has 100 valence electrons. The van der Waals surface area contributed by atoms with Crippen LogP contribution >= 0.6 is 11.6 Å². The van der Waals surface area contributed by atoms with Gasteiger partial charge in [-0.3, -0.25) is 0 Å². The largest absolute Gasteiger partial charge is 0.489 e. The standard InChI is InChI=1S/C12H15ClO4S/c1-8(14)11-6-9(13)2-3-12(11)17-10-4-5-18(15,16)7-10/h2-3,6,8,10,14H,4-5,7H2,1H3. The van der Waals surface area contributed by atoms with Gasteiger partial charge in [0.05, 0.1) is 17.6 Å². The van der Waals surface area contributed by atoms with Gasteiger partial charge in [0.25, 0.3) is 0 Å². The molecule has 4 nitrogen and oxygen atoms in total. The van der Waals surface area contributed by atoms with Crippen LogP contribution in [0.2, 0.25) is 5.02 Å². The second-order valence-corrected chi connectivity index (χ2v) is 7.17. The minimum atomic E-state index is -2.97. The molecule has 1 heterocycles. The maximum Gasteiger partial charge on any atom is 0.154 e. The van der Waals surface area contributed by atoms with Gasteiger partial charge >= 0.3 is 0 Å². The highest BCUT2D eigenvalue weighted by atomic mass is 35.5. The van der Waals surface area contributed by atoms with Gasteiger partial charge in [-0.2, -0.15) is 0 Å². The molecule has 0 aromatic heterocycles. The fourth-order valence-corrected chi connectivity index (χ4v) is 3.76. The summed E-state index contributed by atoms with van der Waals surface area (Å²) in [6.45, 7) is 1.61. The molecule has 2 rings (SSSR count). The molecule has 0 saturated carbocycles. The fraction of sp³-hybridized carbons (Fsp3) is 0.500. The first-order valence-corrected chi connectivity index (χ1v) is 7.92. The van der Waals surface area contributed by atoms with Crippen molar-refractivity contribution in [3.63, 3.8) is 0 Å². The molecule has 2 unspecified atom stereocenters. The van der Waals surface area contributed by atoms with Crippen LogP contribution in [0.5, 0.6) is 5.75 Å². The molecular weight excluding hydrogens is 276 g/mol. The number of ether oxygens (including phenoxy) is 1. The van der Waals surface area contributed by atoms with Gasteiger partial charge in [-0.25, -0.2) is 8.42 Å². The van der Waals surface area contributed by atoms with E-state index in [0.29, 0.717) is 22.8 Å². The lowest BCUT2D eigenvalue weighted by atomic mass is 10.1. The minimum absolute atomic E-state index is 0.0366. The Morgan fingerprint density at radius 2 is 2.22 bits per heavy atom. The molecule has 0 amide bonds. The van der Waals surface area contributed by atoms with Crippen molar-refractivity contribution in [1.82, 2.24) is 0 Å². The summed E-state index contributed by atoms with van der Waals surface area (Å²) < 4.78 is 28.4. The Labute approximate surface area is 111 Å². The minimum Gasteiger partial charge on any atom is -0.489 e. The van der Waals surface area contributed by atoms with E-state index in [1.54, 1.807) is 25.1 Å². The summed E-state index contributed by atoms with van der Waals surface area (Å²) in [5.41, 5.74) is 0.576. The zero-order chi connectivity index (χ0) is 13.3. The Kier molecular flexibility index (Phi) is 3.84. The summed E-state index contributed by atoms with van der Waals surface area (Å²) in [4.78, 5) is 0. The molecule has 2 atom stereocenters. The molecule has 6 heteroatoms. The number of aliphatic hydroxyl groups is 1. The van der Waals surface area contributed by atoms with Crippen LogP contribution < -0.4 is 4.74 Å². The zero-order valence-electron chi connectivity index (χ0n) is 9.97. The first-order chi connectivity index (χ1) is 8.37. The van der Waals surface area contributed by atoms with E-state index in [9.17, 15) is 13.5 Å². The normalized spacial score (nSPS) is 23.8. The predicted molar refractivity (Wildman–Crippen MR) is 69.8 cm³/mol. The molecule has 18 heavy (non-hydrogen) atoms. The van der Waals surface area contributed by atoms with E-state index >= 15 is 0 Å². The molecule has 1 aromatic carbocycles. The number of hydrogen-bond donors (Lipinski definition) is 1. The maximum absolute atomic E-state index is 11.4. The molecule has 1 saturated heterocycles. The summed E-state index contributed by atoms with van der Waals surface area (Å²) in [6.07, 6.45) is -0.560. The number of rotatable bonds is 3. The second kappa shape index (κ2) is 5.07. The average Bonchev–Trinajstić information content (AvgIpc) is 2.60. The van der Waals surface area contributed by atoms with Crippen LogP contribution in [0.4, 0.5) is 0 Å². The molecule has 0 bridgehead atoms. The quantitative estimate of drug-likeness (QED) is 0.924. The summed E-state index contributed by atoms with van der Waals surface area (Å²) in [5.74, 6) is 0.695. The van der Waals surface area contributed by atoms with E-state index in [1.807, 2.05) is 0 Å². The van der Waals surface area contributed by atoms with Gasteiger partial charge in [0.15, 0.2) is 9.84 Å². The highest BCUT2D eigenvalue weighted by molar-refractivity contribution is 7.91. The Morgan fingerprint density at radius 3 is 2.78 bits per heavy atom. The van der Waals surface area contributed by atoms with Crippen LogP contribution in [0.15, 0.2) is 18.2 Å². The summed E-state index contributed by atoms with van der Waals surface area (Å²) >= 11 is 5.86. The van der Waals surface area contributed by atoms with Crippen molar-refractivity contribution in [2.75, 3.05) is 11.5 Å². The molecule has 1 aliphatic heterocycles. The van der Waals surface area contributed by atoms with E-state index in [-0.39, 0.29) is 17.6 Å². The van der Waals surface area contributed by atoms with Gasteiger partial charge in [0.2, 0.25) is 0 Å². The van der Waals surface area contributed by atoms with E-state index < -0.39 is 15.9 Å². The van der Waals surface area contributed by atoms with Crippen LogP contribution in [-0.2, 0) is 9.84 Å². The maximum atomic E-state index is 11.4. The van der Waals surface area contributed by atoms with Crippen molar-refractivity contribution < 1.29 is 18.3 Å². The summed E-state index contributed by atoms with van der Waals surface area (Å²) in [6, 6.07) is 4.95. The highest BCUT2D eigenvalue weighted by Gasteiger charge is 2.30. The van der Waals surface area contributed by atoms with Gasteiger partial charge in [-0.1, -0.05) is 11.6 Å². The number of halogens is 1. The third-order valence-electron chi connectivity index (χ3n) is 2.91. The van der Waals surface area contributed by atoms with Crippen LogP contribution in [0.25, 0.3) is 0 Å². The van der Waals surface area contributed by atoms with E-state index in [4.69, 9.17) is 16.3 Å². The lowest BCUT2D eigenvalue weighted by Crippen LogP contribution is -2.18. The van der Waals surface area contributed by atoms with Crippen LogP contribution in [0, 0.1) is 0 Å². The summed E-state index contributed by atoms with van der Waals surface area (Å²) in [5, 5.41) is 10.2. The molecule has 1 aliphatic rings. The molecule has 1 fully saturated rings. The van der Waals surface area contributed by atoms with E-state index in [0.717, 1.165) is 0 Å². The van der Waals surface area contributed by atoms with Gasteiger partial charge < -0.3 is 9.84 Å². The van der Waals surface area contributed by atoms with Crippen molar-refractivity contribution >= 4 is 21.4 Å². The van der Waals surface area contributed by atoms with E-state index in [2.05, 4.69) is 0 Å². The second-order valence-electron chi connectivity index (χ2n) is 4.50. The van der Waals surface area contributed by atoms with Crippen molar-refractivity contribution in [2.45, 2.75) is 25.6 Å². The van der Waals surface area contributed by atoms with Crippen molar-refractivity contribution in [3.05, 3.63) is 28.8 Å². The third-order valence-corrected chi connectivity index (χ3v) is 4.88. The smallest absolute Gasteiger partial charge is 0.154 e. The summed E-state index contributed by atoms with van der Waals surface area (Å²) in [7, 11) is -2.97. The van der Waals surface area contributed by atoms with Gasteiger partial charge in [0, 0.05) is 10.6 Å². The lowest BCUT2D eigenvalue weighted by Gasteiger charge is -2.17. The van der Waals surface area contributed by atoms with Gasteiger partial charge in [-0.15, -0.1) is 0 Å². The SMILES string of the molecule is CC(O)c1cc(Cl)ccc1OC1CCS(=O)(=O)C1. The molecule has 1 N–H and O–H groups in total. The molecule has 0 radical (unpaired) electrons. The predicted octanol–water partition coefficient (Wildman–Crippen LogP) is 1.96. The number of sulfone groups is 1. The van der Waals surface area contributed by atoms with Crippen LogP contribution in [-0.4, -0.2) is 31.1 Å². The Bertz CT molecular complexity index is 539. The van der Waals surface area contributed by atoms with Gasteiger partial charge in [-0.05, 0) is 31.5 Å². The number of benzene rings is 1. The van der Waals surface area contributed by atoms with Crippen molar-refractivity contribution in [2.24, 2.45) is 0 Å². The number of aliphatic hydroxyl groups excluding tert-OH is 1. The Balaban J connectivity index is 2.19. The molecule has 0 aliphatic carbocycles. The first-order valence-electron chi connectivity index (χ1n) is 5.72. The fourth-order valence-electron chi connectivity index (χ4n) is 1.99. The molecule has 1 aromatic rings. The Morgan fingerprint density at radius 1 is 1.50 bits per heavy atom. The first kappa shape index (κ1) is 13.6. The lowest BCUT2D eigenvalue weighted by molar-refractivity contribution is 0.180.